The number of imidazole rings is 1. The number of pyridine rings is 1. The smallest absolute Gasteiger partial charge is 0.254 e. The largest absolute Gasteiger partial charge is 0.338 e. The number of hydrogen-bond donors (Lipinski definition) is 0. The zero-order valence-electron chi connectivity index (χ0n) is 15.6. The number of fused-ring (bicyclic) bond motifs is 1. The third-order valence-electron chi connectivity index (χ3n) is 5.30. The first kappa shape index (κ1) is 16.8. The normalized spacial score (nSPS) is 17.2. The Morgan fingerprint density at radius 1 is 1.27 bits per heavy atom. The lowest BCUT2D eigenvalue weighted by Gasteiger charge is -2.18. The number of amides is 1. The molecular formula is C21H24N4O. The van der Waals surface area contributed by atoms with Crippen molar-refractivity contribution in [3.05, 3.63) is 59.0 Å². The second-order valence-electron chi connectivity index (χ2n) is 7.12. The van der Waals surface area contributed by atoms with Gasteiger partial charge in [-0.15, -0.1) is 0 Å². The van der Waals surface area contributed by atoms with Crippen molar-refractivity contribution >= 4 is 17.1 Å². The summed E-state index contributed by atoms with van der Waals surface area (Å²) in [5.41, 5.74) is 4.90. The molecule has 26 heavy (non-hydrogen) atoms. The van der Waals surface area contributed by atoms with E-state index in [0.29, 0.717) is 0 Å². The number of carbonyl (C=O) groups is 1. The molecule has 0 spiro atoms. The molecule has 134 valence electrons. The lowest BCUT2D eigenvalue weighted by molar-refractivity contribution is 0.0789. The predicted octanol–water partition coefficient (Wildman–Crippen LogP) is 3.70. The number of likely N-dealkylation sites (tertiary alicyclic amines) is 1. The van der Waals surface area contributed by atoms with Crippen LogP contribution in [0.15, 0.2) is 36.5 Å². The quantitative estimate of drug-likeness (QED) is 0.725. The van der Waals surface area contributed by atoms with Crippen LogP contribution in [0.25, 0.3) is 11.2 Å². The van der Waals surface area contributed by atoms with E-state index < -0.39 is 0 Å². The van der Waals surface area contributed by atoms with Crippen LogP contribution < -0.4 is 0 Å². The van der Waals surface area contributed by atoms with E-state index in [1.54, 1.807) is 0 Å². The molecule has 5 heteroatoms. The minimum Gasteiger partial charge on any atom is -0.338 e. The number of hydrogen-bond acceptors (Lipinski definition) is 3. The average molecular weight is 348 g/mol. The molecule has 0 unspecified atom stereocenters. The van der Waals surface area contributed by atoms with Crippen molar-refractivity contribution in [2.24, 2.45) is 0 Å². The highest BCUT2D eigenvalue weighted by atomic mass is 16.2. The SMILES string of the molecule is CCn1c([C@H]2CCN(C(=O)c3ccc(C)cc3C)C2)nc2cccnc21. The third kappa shape index (κ3) is 2.77. The van der Waals surface area contributed by atoms with Gasteiger partial charge in [0.2, 0.25) is 0 Å². The molecule has 2 aromatic heterocycles. The van der Waals surface area contributed by atoms with Crippen molar-refractivity contribution in [3.8, 4) is 0 Å². The Hall–Kier alpha value is -2.69. The van der Waals surface area contributed by atoms with Gasteiger partial charge in [0.05, 0.1) is 0 Å². The summed E-state index contributed by atoms with van der Waals surface area (Å²) in [6.45, 7) is 8.51. The standard InChI is InChI=1S/C21H24N4O/c1-4-25-19(23-18-6-5-10-22-20(18)25)16-9-11-24(13-16)21(26)17-8-7-14(2)12-15(17)3/h5-8,10,12,16H,4,9,11,13H2,1-3H3/t16-/m0/s1. The number of rotatable bonds is 3. The Bertz CT molecular complexity index is 975. The Morgan fingerprint density at radius 2 is 2.12 bits per heavy atom. The van der Waals surface area contributed by atoms with Gasteiger partial charge in [0, 0.05) is 37.3 Å². The molecule has 1 fully saturated rings. The average Bonchev–Trinajstić information content (AvgIpc) is 3.25. The molecule has 1 aromatic carbocycles. The highest BCUT2D eigenvalue weighted by Crippen LogP contribution is 2.30. The van der Waals surface area contributed by atoms with E-state index in [9.17, 15) is 4.79 Å². The van der Waals surface area contributed by atoms with E-state index in [4.69, 9.17) is 4.98 Å². The summed E-state index contributed by atoms with van der Waals surface area (Å²) in [6, 6.07) is 9.96. The first-order chi connectivity index (χ1) is 12.6. The van der Waals surface area contributed by atoms with Gasteiger partial charge >= 0.3 is 0 Å². The molecule has 3 aromatic rings. The highest BCUT2D eigenvalue weighted by molar-refractivity contribution is 5.96. The molecule has 1 amide bonds. The molecule has 0 aliphatic carbocycles. The van der Waals surface area contributed by atoms with Gasteiger partial charge in [-0.05, 0) is 51.0 Å². The minimum absolute atomic E-state index is 0.127. The number of carbonyl (C=O) groups excluding carboxylic acids is 1. The summed E-state index contributed by atoms with van der Waals surface area (Å²) < 4.78 is 2.19. The first-order valence-corrected chi connectivity index (χ1v) is 9.26. The van der Waals surface area contributed by atoms with E-state index >= 15 is 0 Å². The fourth-order valence-corrected chi connectivity index (χ4v) is 3.98. The molecule has 0 bridgehead atoms. The van der Waals surface area contributed by atoms with Gasteiger partial charge in [0.1, 0.15) is 11.3 Å². The van der Waals surface area contributed by atoms with Crippen LogP contribution in [-0.2, 0) is 6.54 Å². The van der Waals surface area contributed by atoms with Crippen LogP contribution in [0.4, 0.5) is 0 Å². The zero-order valence-corrected chi connectivity index (χ0v) is 15.6. The summed E-state index contributed by atoms with van der Waals surface area (Å²) in [7, 11) is 0. The first-order valence-electron chi connectivity index (χ1n) is 9.26. The van der Waals surface area contributed by atoms with Crippen molar-refractivity contribution in [3.63, 3.8) is 0 Å². The number of aromatic nitrogens is 3. The highest BCUT2D eigenvalue weighted by Gasteiger charge is 2.31. The van der Waals surface area contributed by atoms with Gasteiger partial charge < -0.3 is 9.47 Å². The second-order valence-corrected chi connectivity index (χ2v) is 7.12. The Morgan fingerprint density at radius 3 is 2.88 bits per heavy atom. The van der Waals surface area contributed by atoms with Crippen LogP contribution in [0.5, 0.6) is 0 Å². The summed E-state index contributed by atoms with van der Waals surface area (Å²) in [6.07, 6.45) is 2.75. The minimum atomic E-state index is 0.127. The molecule has 0 saturated carbocycles. The molecule has 4 rings (SSSR count). The summed E-state index contributed by atoms with van der Waals surface area (Å²) in [5, 5.41) is 0. The van der Waals surface area contributed by atoms with Crippen LogP contribution in [-0.4, -0.2) is 38.4 Å². The lowest BCUT2D eigenvalue weighted by atomic mass is 10.0. The van der Waals surface area contributed by atoms with Gasteiger partial charge in [-0.1, -0.05) is 17.7 Å². The molecule has 1 saturated heterocycles. The van der Waals surface area contributed by atoms with E-state index in [-0.39, 0.29) is 11.8 Å². The maximum absolute atomic E-state index is 13.0. The van der Waals surface area contributed by atoms with Gasteiger partial charge in [0.15, 0.2) is 5.65 Å². The summed E-state index contributed by atoms with van der Waals surface area (Å²) in [5.74, 6) is 1.44. The van der Waals surface area contributed by atoms with Crippen molar-refractivity contribution in [2.75, 3.05) is 13.1 Å². The number of nitrogens with zero attached hydrogens (tertiary/aromatic N) is 4. The van der Waals surface area contributed by atoms with Crippen LogP contribution in [0.2, 0.25) is 0 Å². The maximum Gasteiger partial charge on any atom is 0.254 e. The van der Waals surface area contributed by atoms with Crippen LogP contribution in [0.1, 0.15) is 46.6 Å². The topological polar surface area (TPSA) is 51.0 Å². The van der Waals surface area contributed by atoms with Crippen LogP contribution >= 0.6 is 0 Å². The van der Waals surface area contributed by atoms with E-state index in [0.717, 1.165) is 54.2 Å². The Balaban J connectivity index is 1.60. The van der Waals surface area contributed by atoms with Crippen molar-refractivity contribution in [1.29, 1.82) is 0 Å². The van der Waals surface area contributed by atoms with E-state index in [1.807, 2.05) is 42.3 Å². The van der Waals surface area contributed by atoms with Crippen molar-refractivity contribution in [2.45, 2.75) is 39.7 Å². The molecular weight excluding hydrogens is 324 g/mol. The predicted molar refractivity (Wildman–Crippen MR) is 102 cm³/mol. The van der Waals surface area contributed by atoms with Gasteiger partial charge in [-0.3, -0.25) is 4.79 Å². The van der Waals surface area contributed by atoms with Crippen LogP contribution in [0, 0.1) is 13.8 Å². The van der Waals surface area contributed by atoms with Crippen LogP contribution in [0.3, 0.4) is 0 Å². The van der Waals surface area contributed by atoms with Gasteiger partial charge in [-0.25, -0.2) is 9.97 Å². The fourth-order valence-electron chi connectivity index (χ4n) is 3.98. The molecule has 3 heterocycles. The molecule has 5 nitrogen and oxygen atoms in total. The molecule has 1 aliphatic rings. The summed E-state index contributed by atoms with van der Waals surface area (Å²) in [4.78, 5) is 24.2. The third-order valence-corrected chi connectivity index (χ3v) is 5.30. The monoisotopic (exact) mass is 348 g/mol. The summed E-state index contributed by atoms with van der Waals surface area (Å²) >= 11 is 0. The fraction of sp³-hybridized carbons (Fsp3) is 0.381. The van der Waals surface area contributed by atoms with Crippen molar-refractivity contribution in [1.82, 2.24) is 19.4 Å². The second kappa shape index (κ2) is 6.56. The maximum atomic E-state index is 13.0. The molecule has 0 radical (unpaired) electrons. The molecule has 1 aliphatic heterocycles. The molecule has 1 atom stereocenters. The van der Waals surface area contributed by atoms with Gasteiger partial charge in [0.25, 0.3) is 5.91 Å². The lowest BCUT2D eigenvalue weighted by Crippen LogP contribution is -2.29. The number of aryl methyl sites for hydroxylation is 3. The van der Waals surface area contributed by atoms with Gasteiger partial charge in [-0.2, -0.15) is 0 Å². The van der Waals surface area contributed by atoms with E-state index in [1.165, 1.54) is 5.56 Å². The number of benzene rings is 1. The Labute approximate surface area is 153 Å². The van der Waals surface area contributed by atoms with E-state index in [2.05, 4.69) is 29.5 Å². The van der Waals surface area contributed by atoms with Crippen molar-refractivity contribution < 1.29 is 4.79 Å². The Kier molecular flexibility index (Phi) is 4.23. The molecule has 0 N–H and O–H groups in total. The zero-order chi connectivity index (χ0) is 18.3.